The molecule has 0 saturated carbocycles. The minimum absolute atomic E-state index is 1.25. The molecule has 0 heterocycles. The molecule has 0 aromatic heterocycles. The third kappa shape index (κ3) is 13.2. The molecular formula is C22H38S. The first-order valence-electron chi connectivity index (χ1n) is 8.92. The number of unbranched alkanes of at least 4 members (excludes halogenated alkanes) is 3. The zero-order valence-corrected chi connectivity index (χ0v) is 17.2. The molecule has 0 amide bonds. The van der Waals surface area contributed by atoms with Crippen molar-refractivity contribution in [2.24, 2.45) is 0 Å². The molecule has 0 fully saturated rings. The van der Waals surface area contributed by atoms with E-state index in [4.69, 9.17) is 0 Å². The molecule has 0 bridgehead atoms. The van der Waals surface area contributed by atoms with Crippen molar-refractivity contribution in [3.63, 3.8) is 0 Å². The van der Waals surface area contributed by atoms with Gasteiger partial charge in [-0.25, -0.2) is 0 Å². The fourth-order valence-corrected chi connectivity index (χ4v) is 2.80. The molecule has 0 atom stereocenters. The number of allylic oxidation sites excluding steroid dienone is 1. The van der Waals surface area contributed by atoms with Gasteiger partial charge in [-0.1, -0.05) is 70.2 Å². The lowest BCUT2D eigenvalue weighted by Crippen LogP contribution is -1.86. The second-order valence-corrected chi connectivity index (χ2v) is 6.67. The Morgan fingerprint density at radius 1 is 1.00 bits per heavy atom. The number of hydrogen-bond donors (Lipinski definition) is 0. The number of rotatable bonds is 7. The van der Waals surface area contributed by atoms with Gasteiger partial charge in [0, 0.05) is 0 Å². The molecule has 1 rings (SSSR count). The molecule has 0 aliphatic rings. The minimum atomic E-state index is 1.25. The first-order valence-corrected chi connectivity index (χ1v) is 9.97. The zero-order valence-electron chi connectivity index (χ0n) is 16.4. The molecule has 0 saturated heterocycles. The molecular weight excluding hydrogens is 296 g/mol. The summed E-state index contributed by atoms with van der Waals surface area (Å²) >= 11 is 1.95. The Bertz CT molecular complexity index is 416. The second-order valence-electron chi connectivity index (χ2n) is 5.70. The number of thioether (sulfide) groups is 1. The minimum Gasteiger partial charge on any atom is -0.134 e. The Labute approximate surface area is 150 Å². The number of benzene rings is 1. The summed E-state index contributed by atoms with van der Waals surface area (Å²) < 4.78 is 0. The summed E-state index contributed by atoms with van der Waals surface area (Å²) in [4.78, 5) is 0. The Morgan fingerprint density at radius 2 is 1.61 bits per heavy atom. The van der Waals surface area contributed by atoms with Crippen LogP contribution in [0.4, 0.5) is 0 Å². The highest BCUT2D eigenvalue weighted by molar-refractivity contribution is 8.02. The molecule has 1 aromatic rings. The Balaban J connectivity index is 0. The predicted octanol–water partition coefficient (Wildman–Crippen LogP) is 8.20. The van der Waals surface area contributed by atoms with Gasteiger partial charge in [-0.3, -0.25) is 0 Å². The van der Waals surface area contributed by atoms with E-state index in [-0.39, 0.29) is 0 Å². The lowest BCUT2D eigenvalue weighted by Gasteiger charge is -2.07. The summed E-state index contributed by atoms with van der Waals surface area (Å²) in [5, 5.41) is 2.31. The van der Waals surface area contributed by atoms with E-state index in [0.29, 0.717) is 0 Å². The molecule has 23 heavy (non-hydrogen) atoms. The highest BCUT2D eigenvalue weighted by Gasteiger charge is 2.00. The third-order valence-electron chi connectivity index (χ3n) is 3.43. The topological polar surface area (TPSA) is 0 Å². The van der Waals surface area contributed by atoms with Crippen molar-refractivity contribution in [2.75, 3.05) is 5.75 Å². The van der Waals surface area contributed by atoms with Crippen LogP contribution in [0.5, 0.6) is 0 Å². The van der Waals surface area contributed by atoms with Crippen LogP contribution in [-0.4, -0.2) is 5.75 Å². The first-order chi connectivity index (χ1) is 11.1. The predicted molar refractivity (Wildman–Crippen MR) is 113 cm³/mol. The van der Waals surface area contributed by atoms with E-state index in [0.717, 1.165) is 0 Å². The molecule has 0 radical (unpaired) electrons. The van der Waals surface area contributed by atoms with E-state index >= 15 is 0 Å². The van der Waals surface area contributed by atoms with Crippen molar-refractivity contribution in [1.29, 1.82) is 0 Å². The lowest BCUT2D eigenvalue weighted by molar-refractivity contribution is 0.779. The highest BCUT2D eigenvalue weighted by atomic mass is 32.2. The molecule has 0 aliphatic carbocycles. The number of hydrogen-bond acceptors (Lipinski definition) is 1. The van der Waals surface area contributed by atoms with Gasteiger partial charge >= 0.3 is 0 Å². The largest absolute Gasteiger partial charge is 0.134 e. The van der Waals surface area contributed by atoms with Crippen molar-refractivity contribution >= 4 is 17.3 Å². The third-order valence-corrected chi connectivity index (χ3v) is 4.48. The highest BCUT2D eigenvalue weighted by Crippen LogP contribution is 2.22. The van der Waals surface area contributed by atoms with Crippen molar-refractivity contribution in [2.45, 2.75) is 73.6 Å². The van der Waals surface area contributed by atoms with Gasteiger partial charge in [0.25, 0.3) is 0 Å². The van der Waals surface area contributed by atoms with Crippen molar-refractivity contribution in [3.05, 3.63) is 53.5 Å². The van der Waals surface area contributed by atoms with Gasteiger partial charge in [0.2, 0.25) is 0 Å². The Kier molecular flexibility index (Phi) is 18.4. The van der Waals surface area contributed by atoms with E-state index in [1.807, 2.05) is 11.8 Å². The fraction of sp³-hybridized carbons (Fsp3) is 0.545. The summed E-state index contributed by atoms with van der Waals surface area (Å²) in [5.74, 6) is 1.25. The monoisotopic (exact) mass is 334 g/mol. The summed E-state index contributed by atoms with van der Waals surface area (Å²) in [6.07, 6.45) is 6.63. The summed E-state index contributed by atoms with van der Waals surface area (Å²) in [5.41, 5.74) is 5.50. The molecule has 0 nitrogen and oxygen atoms in total. The first kappa shape index (κ1) is 24.3. The Morgan fingerprint density at radius 3 is 2.09 bits per heavy atom. The Hall–Kier alpha value is -0.950. The van der Waals surface area contributed by atoms with E-state index in [1.54, 1.807) is 0 Å². The van der Waals surface area contributed by atoms with Crippen molar-refractivity contribution < 1.29 is 0 Å². The molecule has 0 spiro atoms. The van der Waals surface area contributed by atoms with Crippen LogP contribution in [0.25, 0.3) is 5.57 Å². The SMILES string of the molecule is C=C.CCCC.CCCCCS/C=C(\C)c1ccc(C)cc1C. The van der Waals surface area contributed by atoms with Crippen molar-refractivity contribution in [3.8, 4) is 0 Å². The molecule has 1 aromatic carbocycles. The molecule has 132 valence electrons. The maximum atomic E-state index is 3.00. The van der Waals surface area contributed by atoms with Crippen LogP contribution in [0.15, 0.2) is 36.8 Å². The van der Waals surface area contributed by atoms with Gasteiger partial charge in [-0.15, -0.1) is 24.9 Å². The maximum Gasteiger partial charge on any atom is -0.00259 e. The van der Waals surface area contributed by atoms with Crippen LogP contribution < -0.4 is 0 Å². The van der Waals surface area contributed by atoms with Gasteiger partial charge in [0.1, 0.15) is 0 Å². The average Bonchev–Trinajstić information content (AvgIpc) is 2.56. The van der Waals surface area contributed by atoms with Crippen LogP contribution in [0, 0.1) is 13.8 Å². The van der Waals surface area contributed by atoms with Gasteiger partial charge in [0.15, 0.2) is 0 Å². The quantitative estimate of drug-likeness (QED) is 0.357. The van der Waals surface area contributed by atoms with Crippen LogP contribution in [0.1, 0.15) is 76.5 Å². The normalized spacial score (nSPS) is 10.3. The summed E-state index contributed by atoms with van der Waals surface area (Å²) in [7, 11) is 0. The zero-order chi connectivity index (χ0) is 18.1. The molecule has 1 heteroatoms. The van der Waals surface area contributed by atoms with Crippen LogP contribution in [-0.2, 0) is 0 Å². The van der Waals surface area contributed by atoms with Gasteiger partial charge in [-0.2, -0.15) is 0 Å². The molecule has 0 N–H and O–H groups in total. The summed E-state index contributed by atoms with van der Waals surface area (Å²) in [6.45, 7) is 19.2. The van der Waals surface area contributed by atoms with Crippen LogP contribution in [0.2, 0.25) is 0 Å². The van der Waals surface area contributed by atoms with E-state index in [2.05, 4.69) is 78.3 Å². The fourth-order valence-electron chi connectivity index (χ4n) is 1.94. The van der Waals surface area contributed by atoms with Crippen molar-refractivity contribution in [1.82, 2.24) is 0 Å². The molecule has 0 unspecified atom stereocenters. The lowest BCUT2D eigenvalue weighted by atomic mass is 10.0. The van der Waals surface area contributed by atoms with Crippen LogP contribution >= 0.6 is 11.8 Å². The van der Waals surface area contributed by atoms with E-state index in [1.165, 1.54) is 60.1 Å². The van der Waals surface area contributed by atoms with Gasteiger partial charge in [0.05, 0.1) is 0 Å². The van der Waals surface area contributed by atoms with E-state index < -0.39 is 0 Å². The maximum absolute atomic E-state index is 3.00. The number of aryl methyl sites for hydroxylation is 2. The van der Waals surface area contributed by atoms with Gasteiger partial charge in [-0.05, 0) is 55.1 Å². The van der Waals surface area contributed by atoms with Crippen LogP contribution in [0.3, 0.4) is 0 Å². The second kappa shape index (κ2) is 17.4. The van der Waals surface area contributed by atoms with Gasteiger partial charge < -0.3 is 0 Å². The smallest absolute Gasteiger partial charge is 0.00259 e. The average molecular weight is 335 g/mol. The summed E-state index contributed by atoms with van der Waals surface area (Å²) in [6, 6.07) is 6.69. The van der Waals surface area contributed by atoms with E-state index in [9.17, 15) is 0 Å². The molecule has 0 aliphatic heterocycles. The standard InChI is InChI=1S/C16H24S.C4H10.C2H4/c1-5-6-7-10-17-12-15(4)16-9-8-13(2)11-14(16)3;1-3-4-2;1-2/h8-9,11-12H,5-7,10H2,1-4H3;3-4H2,1-2H3;1-2H2/b15-12+;;.